The number of benzene rings is 4. The molecule has 0 spiro atoms. The summed E-state index contributed by atoms with van der Waals surface area (Å²) in [4.78, 5) is 0. The van der Waals surface area contributed by atoms with Gasteiger partial charge in [-0.1, -0.05) is 85.8 Å². The van der Waals surface area contributed by atoms with Gasteiger partial charge in [0.25, 0.3) is 0 Å². The summed E-state index contributed by atoms with van der Waals surface area (Å²) in [5.41, 5.74) is 11.4. The number of rotatable bonds is 2. The van der Waals surface area contributed by atoms with Crippen LogP contribution >= 0.6 is 0 Å². The van der Waals surface area contributed by atoms with E-state index in [-0.39, 0.29) is 11.8 Å². The van der Waals surface area contributed by atoms with E-state index >= 15 is 0 Å². The lowest BCUT2D eigenvalue weighted by molar-refractivity contribution is 0.268. The molecule has 0 amide bonds. The normalized spacial score (nSPS) is 21.2. The van der Waals surface area contributed by atoms with Crippen LogP contribution in [0.3, 0.4) is 0 Å². The molecule has 0 radical (unpaired) electrons. The molecular formula is C32H26N2O. The third-order valence-electron chi connectivity index (χ3n) is 7.18. The molecule has 2 N–H and O–H groups in total. The van der Waals surface area contributed by atoms with Crippen molar-refractivity contribution in [3.63, 3.8) is 0 Å². The zero-order chi connectivity index (χ0) is 23.9. The summed E-state index contributed by atoms with van der Waals surface area (Å²) in [6.07, 6.45) is 4.01. The van der Waals surface area contributed by atoms with Gasteiger partial charge in [-0.15, -0.1) is 0 Å². The number of fused-ring (bicyclic) bond motifs is 2. The van der Waals surface area contributed by atoms with E-state index in [9.17, 15) is 5.26 Å². The molecule has 1 aliphatic heterocycles. The molecule has 0 saturated carbocycles. The van der Waals surface area contributed by atoms with Crippen LogP contribution in [0.2, 0.25) is 0 Å². The van der Waals surface area contributed by atoms with Gasteiger partial charge in [0.15, 0.2) is 0 Å². The Bertz CT molecular complexity index is 1620. The van der Waals surface area contributed by atoms with Gasteiger partial charge < -0.3 is 10.5 Å². The summed E-state index contributed by atoms with van der Waals surface area (Å²) in [7, 11) is 0. The molecular weight excluding hydrogens is 428 g/mol. The summed E-state index contributed by atoms with van der Waals surface area (Å²) in [5.74, 6) is 1.29. The van der Waals surface area contributed by atoms with Crippen LogP contribution in [0.15, 0.2) is 113 Å². The van der Waals surface area contributed by atoms with Crippen LogP contribution in [-0.4, -0.2) is 0 Å². The van der Waals surface area contributed by atoms with Crippen molar-refractivity contribution in [2.24, 2.45) is 11.7 Å². The topological polar surface area (TPSA) is 59.0 Å². The Morgan fingerprint density at radius 1 is 0.857 bits per heavy atom. The predicted octanol–water partition coefficient (Wildman–Crippen LogP) is 7.57. The van der Waals surface area contributed by atoms with Gasteiger partial charge in [-0.25, -0.2) is 0 Å². The molecule has 6 rings (SSSR count). The molecule has 2 atom stereocenters. The van der Waals surface area contributed by atoms with Crippen molar-refractivity contribution in [3.05, 3.63) is 124 Å². The first kappa shape index (κ1) is 21.3. The summed E-state index contributed by atoms with van der Waals surface area (Å²) in [5, 5.41) is 14.8. The first-order valence-corrected chi connectivity index (χ1v) is 12.1. The fourth-order valence-corrected chi connectivity index (χ4v) is 5.57. The maximum absolute atomic E-state index is 10.1. The highest BCUT2D eigenvalue weighted by Gasteiger charge is 2.37. The van der Waals surface area contributed by atoms with Crippen LogP contribution in [0.5, 0.6) is 0 Å². The molecule has 0 bridgehead atoms. The molecule has 3 nitrogen and oxygen atoms in total. The van der Waals surface area contributed by atoms with Gasteiger partial charge in [0.1, 0.15) is 17.4 Å². The Morgan fingerprint density at radius 2 is 1.51 bits per heavy atom. The number of ether oxygens (including phenoxy) is 1. The van der Waals surface area contributed by atoms with Crippen molar-refractivity contribution >= 4 is 27.6 Å². The summed E-state index contributed by atoms with van der Waals surface area (Å²) >= 11 is 0. The largest absolute Gasteiger partial charge is 0.440 e. The van der Waals surface area contributed by atoms with Gasteiger partial charge in [-0.3, -0.25) is 0 Å². The van der Waals surface area contributed by atoms with Crippen LogP contribution in [0.4, 0.5) is 0 Å². The standard InChI is InChI=1S/C32H26N2O/c1-20-14-27(17-21-10-11-22-6-2-4-8-24(22)16-21)31-28(15-20)30(29(19-33)32(34)35-31)26-13-12-23-7-3-5-9-25(23)18-26/h2-13,16-18,20,30H,14-15,34H2,1H3/b27-17+. The molecule has 4 aromatic rings. The van der Waals surface area contributed by atoms with E-state index in [4.69, 9.17) is 10.5 Å². The maximum Gasteiger partial charge on any atom is 0.205 e. The molecule has 0 saturated heterocycles. The Labute approximate surface area is 205 Å². The first-order valence-electron chi connectivity index (χ1n) is 12.1. The molecule has 1 heterocycles. The molecule has 2 unspecified atom stereocenters. The van der Waals surface area contributed by atoms with Gasteiger partial charge in [0.05, 0.1) is 0 Å². The Hall–Kier alpha value is -4.29. The lowest BCUT2D eigenvalue weighted by Crippen LogP contribution is -2.25. The lowest BCUT2D eigenvalue weighted by Gasteiger charge is -2.35. The van der Waals surface area contributed by atoms with E-state index in [1.54, 1.807) is 0 Å². The zero-order valence-corrected chi connectivity index (χ0v) is 19.7. The number of nitriles is 1. The first-order chi connectivity index (χ1) is 17.1. The fourth-order valence-electron chi connectivity index (χ4n) is 5.57. The van der Waals surface area contributed by atoms with Crippen LogP contribution in [0.25, 0.3) is 27.6 Å². The second-order valence-corrected chi connectivity index (χ2v) is 9.68. The van der Waals surface area contributed by atoms with Crippen molar-refractivity contribution in [1.82, 2.24) is 0 Å². The Balaban J connectivity index is 1.50. The number of nitrogens with zero attached hydrogens (tertiary/aromatic N) is 1. The smallest absolute Gasteiger partial charge is 0.205 e. The average Bonchev–Trinajstić information content (AvgIpc) is 2.88. The van der Waals surface area contributed by atoms with Crippen molar-refractivity contribution in [2.45, 2.75) is 25.7 Å². The van der Waals surface area contributed by atoms with Crippen LogP contribution < -0.4 is 5.73 Å². The molecule has 3 heteroatoms. The monoisotopic (exact) mass is 454 g/mol. The molecule has 1 aliphatic carbocycles. The third kappa shape index (κ3) is 3.78. The summed E-state index contributed by atoms with van der Waals surface area (Å²) < 4.78 is 6.20. The minimum Gasteiger partial charge on any atom is -0.440 e. The molecule has 4 aromatic carbocycles. The maximum atomic E-state index is 10.1. The van der Waals surface area contributed by atoms with Gasteiger partial charge in [-0.05, 0) is 74.7 Å². The number of hydrogen-bond acceptors (Lipinski definition) is 3. The molecule has 0 fully saturated rings. The average molecular weight is 455 g/mol. The molecule has 170 valence electrons. The number of allylic oxidation sites excluding steroid dienone is 3. The highest BCUT2D eigenvalue weighted by molar-refractivity contribution is 5.85. The SMILES string of the molecule is CC1CC2=C(OC(N)=C(C#N)C2c2ccc3ccccc3c2)/C(=C/c2ccc3ccccc3c2)C1. The van der Waals surface area contributed by atoms with Crippen LogP contribution in [0, 0.1) is 17.2 Å². The van der Waals surface area contributed by atoms with E-state index in [0.29, 0.717) is 11.5 Å². The van der Waals surface area contributed by atoms with E-state index in [2.05, 4.69) is 91.9 Å². The lowest BCUT2D eigenvalue weighted by atomic mass is 9.73. The highest BCUT2D eigenvalue weighted by atomic mass is 16.5. The summed E-state index contributed by atoms with van der Waals surface area (Å²) in [6, 6.07) is 32.0. The van der Waals surface area contributed by atoms with E-state index in [1.807, 2.05) is 12.1 Å². The van der Waals surface area contributed by atoms with Crippen molar-refractivity contribution < 1.29 is 4.74 Å². The molecule has 35 heavy (non-hydrogen) atoms. The van der Waals surface area contributed by atoms with Crippen molar-refractivity contribution in [2.75, 3.05) is 0 Å². The molecule has 0 aromatic heterocycles. The third-order valence-corrected chi connectivity index (χ3v) is 7.18. The Morgan fingerprint density at radius 3 is 2.23 bits per heavy atom. The second kappa shape index (κ2) is 8.49. The highest BCUT2D eigenvalue weighted by Crippen LogP contribution is 2.48. The van der Waals surface area contributed by atoms with Crippen molar-refractivity contribution in [1.29, 1.82) is 5.26 Å². The van der Waals surface area contributed by atoms with E-state index in [1.165, 1.54) is 16.2 Å². The Kier molecular flexibility index (Phi) is 5.16. The van der Waals surface area contributed by atoms with E-state index in [0.717, 1.165) is 46.3 Å². The van der Waals surface area contributed by atoms with Gasteiger partial charge >= 0.3 is 0 Å². The van der Waals surface area contributed by atoms with Crippen LogP contribution in [-0.2, 0) is 4.74 Å². The minimum atomic E-state index is -0.198. The fraction of sp³-hybridized carbons (Fsp3) is 0.156. The quantitative estimate of drug-likeness (QED) is 0.340. The van der Waals surface area contributed by atoms with Crippen molar-refractivity contribution in [3.8, 4) is 6.07 Å². The summed E-state index contributed by atoms with van der Waals surface area (Å²) in [6.45, 7) is 2.27. The molecule has 2 aliphatic rings. The minimum absolute atomic E-state index is 0.198. The van der Waals surface area contributed by atoms with E-state index < -0.39 is 0 Å². The van der Waals surface area contributed by atoms with Crippen LogP contribution in [0.1, 0.15) is 36.8 Å². The van der Waals surface area contributed by atoms with Gasteiger partial charge in [0.2, 0.25) is 5.88 Å². The number of hydrogen-bond donors (Lipinski definition) is 1. The van der Waals surface area contributed by atoms with Gasteiger partial charge in [0, 0.05) is 5.92 Å². The predicted molar refractivity (Wildman–Crippen MR) is 142 cm³/mol. The number of nitrogens with two attached hydrogens (primary N) is 1. The zero-order valence-electron chi connectivity index (χ0n) is 19.7. The second-order valence-electron chi connectivity index (χ2n) is 9.68. The van der Waals surface area contributed by atoms with Gasteiger partial charge in [-0.2, -0.15) is 5.26 Å².